The zero-order chi connectivity index (χ0) is 42.5. The number of Topliss-reactive ketones (excluding diaryl/α,β-unsaturated/α-hetero) is 1. The topological polar surface area (TPSA) is 177 Å². The second-order valence-electron chi connectivity index (χ2n) is 14.6. The van der Waals surface area contributed by atoms with Gasteiger partial charge in [0.2, 0.25) is 11.4 Å². The molecule has 1 unspecified atom stereocenters. The number of amides is 5. The highest BCUT2D eigenvalue weighted by Crippen LogP contribution is 2.31. The second-order valence-corrected chi connectivity index (χ2v) is 15.2. The molecule has 308 valence electrons. The third-order valence-electron chi connectivity index (χ3n) is 9.85. The molecular weight excluding hydrogens is 775 g/mol. The fourth-order valence-corrected chi connectivity index (χ4v) is 7.18. The highest BCUT2D eigenvalue weighted by Gasteiger charge is 2.59. The molecule has 0 bridgehead atoms. The van der Waals surface area contributed by atoms with Crippen LogP contribution in [-0.2, 0) is 43.5 Å². The highest BCUT2D eigenvalue weighted by molar-refractivity contribution is 7.81. The molecule has 13 nitrogen and oxygen atoms in total. The van der Waals surface area contributed by atoms with Gasteiger partial charge in [-0.15, -0.1) is 0 Å². The Hall–Kier alpha value is -6.28. The number of hydrogen-bond acceptors (Lipinski definition) is 10. The van der Waals surface area contributed by atoms with E-state index in [2.05, 4.69) is 17.9 Å². The van der Waals surface area contributed by atoms with Crippen LogP contribution in [0.4, 0.5) is 9.59 Å². The van der Waals surface area contributed by atoms with Crippen molar-refractivity contribution in [2.75, 3.05) is 6.54 Å². The number of rotatable bonds is 19. The van der Waals surface area contributed by atoms with Gasteiger partial charge < -0.3 is 19.9 Å². The van der Waals surface area contributed by atoms with Crippen molar-refractivity contribution in [2.45, 2.75) is 76.0 Å². The molecule has 4 aromatic rings. The lowest BCUT2D eigenvalue weighted by Gasteiger charge is -2.40. The van der Waals surface area contributed by atoms with E-state index in [9.17, 15) is 33.9 Å². The van der Waals surface area contributed by atoms with Gasteiger partial charge >= 0.3 is 18.2 Å². The zero-order valence-corrected chi connectivity index (χ0v) is 33.7. The Labute approximate surface area is 348 Å². The van der Waals surface area contributed by atoms with Crippen molar-refractivity contribution in [1.29, 1.82) is 0 Å². The number of nitrogens with one attached hydrogen (secondary N) is 1. The first-order valence-electron chi connectivity index (χ1n) is 19.3. The lowest BCUT2D eigenvalue weighted by Crippen LogP contribution is -2.70. The number of nitrogens with zero attached hydrogens (tertiary/aromatic N) is 2. The van der Waals surface area contributed by atoms with E-state index in [4.69, 9.17) is 9.47 Å². The number of aliphatic carboxylic acids is 1. The quantitative estimate of drug-likeness (QED) is 0.0391. The molecule has 0 spiro atoms. The monoisotopic (exact) mass is 821 g/mol. The number of carboxylic acid groups (broad SMARTS) is 1. The van der Waals surface area contributed by atoms with Crippen LogP contribution in [0.5, 0.6) is 0 Å². The fourth-order valence-electron chi connectivity index (χ4n) is 6.88. The number of carbonyl (C=O) groups is 7. The predicted octanol–water partition coefficient (Wildman–Crippen LogP) is 6.89. The molecule has 4 aromatic carbocycles. The average molecular weight is 822 g/mol. The summed E-state index contributed by atoms with van der Waals surface area (Å²) in [6.07, 6.45) is -2.74. The smallest absolute Gasteiger partial charge is 0.418 e. The van der Waals surface area contributed by atoms with E-state index in [0.29, 0.717) is 32.7 Å². The van der Waals surface area contributed by atoms with Crippen LogP contribution in [0.3, 0.4) is 0 Å². The minimum Gasteiger partial charge on any atom is -0.479 e. The Morgan fingerprint density at radius 1 is 0.729 bits per heavy atom. The van der Waals surface area contributed by atoms with Gasteiger partial charge in [0.25, 0.3) is 11.8 Å². The Morgan fingerprint density at radius 3 is 1.73 bits per heavy atom. The van der Waals surface area contributed by atoms with Crippen LogP contribution in [0.15, 0.2) is 115 Å². The molecule has 0 aliphatic carbocycles. The maximum absolute atomic E-state index is 15.1. The lowest BCUT2D eigenvalue weighted by atomic mass is 9.79. The fraction of sp³-hybridized carbons (Fsp3) is 0.311. The normalized spacial score (nSPS) is 14.1. The van der Waals surface area contributed by atoms with Gasteiger partial charge in [0.15, 0.2) is 5.78 Å². The number of hydrogen-bond donors (Lipinski definition) is 3. The molecule has 0 radical (unpaired) electrons. The van der Waals surface area contributed by atoms with Crippen LogP contribution in [0, 0.1) is 5.92 Å². The van der Waals surface area contributed by atoms with Gasteiger partial charge in [-0.05, 0) is 54.0 Å². The maximum atomic E-state index is 15.1. The highest BCUT2D eigenvalue weighted by atomic mass is 32.1. The molecule has 14 heteroatoms. The number of fused-ring (bicyclic) bond motifs is 1. The number of carbonyl (C=O) groups excluding carboxylic acids is 6. The molecule has 1 heterocycles. The molecule has 0 aromatic heterocycles. The minimum absolute atomic E-state index is 0.0394. The number of ether oxygens (including phenoxy) is 2. The van der Waals surface area contributed by atoms with E-state index in [-0.39, 0.29) is 51.4 Å². The third kappa shape index (κ3) is 10.8. The van der Waals surface area contributed by atoms with Crippen LogP contribution in [0.2, 0.25) is 0 Å². The van der Waals surface area contributed by atoms with Crippen LogP contribution in [-0.4, -0.2) is 79.9 Å². The standard InChI is InChI=1S/C45H47N3O10S/c1-30(2)26-36(46-43(55)57-28-32-18-8-4-9-19-32)38(49)45(42(53)54,27-31-16-6-3-7-17-31)48(44(56)58-29-33-20-10-5-11-21-33)41(52)37(59)24-14-15-25-47-39(50)34-22-12-13-23-35(34)40(47)51/h3-13,16-23,30,36-37,59H,14-15,24-29H2,1-2H3,(H,46,55)(H,53,54)/t36-,37?,45+/m0/s1. The van der Waals surface area contributed by atoms with Gasteiger partial charge in [-0.1, -0.05) is 123 Å². The molecule has 5 rings (SSSR count). The van der Waals surface area contributed by atoms with Crippen LogP contribution in [0.1, 0.15) is 76.9 Å². The Bertz CT molecular complexity index is 2100. The van der Waals surface area contributed by atoms with Crippen molar-refractivity contribution in [3.05, 3.63) is 143 Å². The summed E-state index contributed by atoms with van der Waals surface area (Å²) in [4.78, 5) is 98.6. The van der Waals surface area contributed by atoms with E-state index in [1.165, 1.54) is 0 Å². The zero-order valence-electron chi connectivity index (χ0n) is 32.8. The number of unbranched alkanes of at least 4 members (excludes halogenated alkanes) is 1. The minimum atomic E-state index is -2.96. The van der Waals surface area contributed by atoms with Gasteiger partial charge in [0, 0.05) is 13.0 Å². The van der Waals surface area contributed by atoms with Crippen molar-refractivity contribution in [2.24, 2.45) is 5.92 Å². The SMILES string of the molecule is CC(C)C[C@H](NC(=O)OCc1ccccc1)C(=O)[C@](Cc1ccccc1)(C(=O)O)N(C(=O)OCc1ccccc1)C(=O)C(S)CCCCN1C(=O)c2ccccc2C1=O. The summed E-state index contributed by atoms with van der Waals surface area (Å²) < 4.78 is 11.0. The Balaban J connectivity index is 1.47. The van der Waals surface area contributed by atoms with Crippen molar-refractivity contribution in [3.8, 4) is 0 Å². The summed E-state index contributed by atoms with van der Waals surface area (Å²) in [5, 5.41) is 12.4. The summed E-state index contributed by atoms with van der Waals surface area (Å²) in [7, 11) is 0. The molecular formula is C45H47N3O10S. The first kappa shape index (κ1) is 43.8. The number of ketones is 1. The summed E-state index contributed by atoms with van der Waals surface area (Å²) in [6.45, 7) is 3.06. The number of thiol groups is 1. The maximum Gasteiger partial charge on any atom is 0.418 e. The van der Waals surface area contributed by atoms with Crippen molar-refractivity contribution < 1.29 is 48.1 Å². The van der Waals surface area contributed by atoms with Gasteiger partial charge in [-0.25, -0.2) is 19.3 Å². The second kappa shape index (κ2) is 20.4. The summed E-state index contributed by atoms with van der Waals surface area (Å²) in [5.74, 6) is -5.28. The third-order valence-corrected chi connectivity index (χ3v) is 10.3. The first-order valence-corrected chi connectivity index (χ1v) is 19.8. The van der Waals surface area contributed by atoms with Crippen LogP contribution < -0.4 is 5.32 Å². The molecule has 0 saturated carbocycles. The van der Waals surface area contributed by atoms with E-state index in [1.54, 1.807) is 129 Å². The number of alkyl carbamates (subject to hydrolysis) is 1. The molecule has 59 heavy (non-hydrogen) atoms. The van der Waals surface area contributed by atoms with E-state index >= 15 is 4.79 Å². The molecule has 2 N–H and O–H groups in total. The van der Waals surface area contributed by atoms with Gasteiger partial charge in [-0.3, -0.25) is 24.1 Å². The van der Waals surface area contributed by atoms with Gasteiger partial charge in [0.1, 0.15) is 13.2 Å². The molecule has 0 saturated heterocycles. The number of imide groups is 2. The molecule has 0 fully saturated rings. The van der Waals surface area contributed by atoms with Crippen LogP contribution >= 0.6 is 12.6 Å². The van der Waals surface area contributed by atoms with Crippen LogP contribution in [0.25, 0.3) is 0 Å². The van der Waals surface area contributed by atoms with E-state index in [0.717, 1.165) is 4.90 Å². The Morgan fingerprint density at radius 2 is 1.22 bits per heavy atom. The largest absolute Gasteiger partial charge is 0.479 e. The van der Waals surface area contributed by atoms with Gasteiger partial charge in [-0.2, -0.15) is 12.6 Å². The predicted molar refractivity (Wildman–Crippen MR) is 220 cm³/mol. The van der Waals surface area contributed by atoms with E-state index in [1.807, 2.05) is 0 Å². The van der Waals surface area contributed by atoms with Crippen molar-refractivity contribution >= 4 is 54.3 Å². The number of carboxylic acids is 1. The average Bonchev–Trinajstić information content (AvgIpc) is 3.48. The summed E-state index contributed by atoms with van der Waals surface area (Å²) in [6, 6.07) is 30.3. The Kier molecular flexibility index (Phi) is 15.2. The molecule has 3 atom stereocenters. The molecule has 1 aliphatic rings. The summed E-state index contributed by atoms with van der Waals surface area (Å²) in [5.41, 5.74) is -0.873. The number of benzene rings is 4. The van der Waals surface area contributed by atoms with Gasteiger partial charge in [0.05, 0.1) is 22.4 Å². The van der Waals surface area contributed by atoms with Crippen molar-refractivity contribution in [1.82, 2.24) is 15.1 Å². The van der Waals surface area contributed by atoms with E-state index < -0.39 is 64.9 Å². The molecule has 5 amide bonds. The summed E-state index contributed by atoms with van der Waals surface area (Å²) >= 11 is 4.54. The molecule has 1 aliphatic heterocycles. The lowest BCUT2D eigenvalue weighted by molar-refractivity contribution is -0.163. The van der Waals surface area contributed by atoms with Crippen molar-refractivity contribution in [3.63, 3.8) is 0 Å². The first-order chi connectivity index (χ1) is 28.3.